The van der Waals surface area contributed by atoms with Crippen LogP contribution in [0.4, 0.5) is 5.69 Å². The van der Waals surface area contributed by atoms with Crippen LogP contribution in [0.2, 0.25) is 0 Å². The van der Waals surface area contributed by atoms with Crippen LogP contribution in [0.5, 0.6) is 0 Å². The molecule has 194 valence electrons. The molecule has 0 amide bonds. The van der Waals surface area contributed by atoms with Gasteiger partial charge in [0.1, 0.15) is 6.17 Å². The molecule has 0 bridgehead atoms. The lowest BCUT2D eigenvalue weighted by molar-refractivity contribution is 0.398. The van der Waals surface area contributed by atoms with Crippen molar-refractivity contribution in [1.82, 2.24) is 4.90 Å². The van der Waals surface area contributed by atoms with Crippen molar-refractivity contribution in [2.24, 2.45) is 0 Å². The number of allylic oxidation sites excluding steroid dienone is 1. The third kappa shape index (κ3) is 2.78. The van der Waals surface area contributed by atoms with E-state index in [0.717, 1.165) is 0 Å². The maximum Gasteiger partial charge on any atom is 0.103 e. The van der Waals surface area contributed by atoms with Crippen molar-refractivity contribution >= 4 is 11.4 Å². The van der Waals surface area contributed by atoms with Crippen LogP contribution in [0.15, 0.2) is 121 Å². The summed E-state index contributed by atoms with van der Waals surface area (Å²) in [5.74, 6) is 0. The Hall–Kier alpha value is -4.56. The Morgan fingerprint density at radius 2 is 1.07 bits per heavy atom. The first-order valence-electron chi connectivity index (χ1n) is 14.3. The average Bonchev–Trinajstić information content (AvgIpc) is 3.54. The molecule has 5 aromatic carbocycles. The van der Waals surface area contributed by atoms with Gasteiger partial charge in [-0.05, 0) is 83.0 Å². The van der Waals surface area contributed by atoms with Gasteiger partial charge in [-0.1, -0.05) is 103 Å². The first kappa shape index (κ1) is 23.3. The zero-order chi connectivity index (χ0) is 27.2. The normalized spacial score (nSPS) is 17.8. The SMILES string of the molecule is CC1=C(c2ccc3c(c2)-c2ccccc2C32c3ccccc3-c3ccccc32)N(C)C(C)N1c1ccccc1C. The zero-order valence-electron chi connectivity index (χ0n) is 23.4. The number of para-hydroxylation sites is 1. The molecule has 2 nitrogen and oxygen atoms in total. The predicted molar refractivity (Wildman–Crippen MR) is 166 cm³/mol. The number of aryl methyl sites for hydroxylation is 1. The summed E-state index contributed by atoms with van der Waals surface area (Å²) in [6, 6.07) is 43.0. The lowest BCUT2D eigenvalue weighted by atomic mass is 9.70. The van der Waals surface area contributed by atoms with E-state index in [1.54, 1.807) is 0 Å². The van der Waals surface area contributed by atoms with E-state index in [-0.39, 0.29) is 11.6 Å². The summed E-state index contributed by atoms with van der Waals surface area (Å²) >= 11 is 0. The van der Waals surface area contributed by atoms with Crippen molar-refractivity contribution in [3.8, 4) is 22.3 Å². The number of rotatable bonds is 2. The molecule has 1 heterocycles. The molecule has 1 spiro atoms. The molecule has 0 radical (unpaired) electrons. The second-order valence-corrected chi connectivity index (χ2v) is 11.5. The second kappa shape index (κ2) is 8.22. The Kier molecular flexibility index (Phi) is 4.80. The fourth-order valence-corrected chi connectivity index (χ4v) is 7.88. The first-order valence-corrected chi connectivity index (χ1v) is 14.3. The van der Waals surface area contributed by atoms with Gasteiger partial charge in [-0.25, -0.2) is 0 Å². The number of hydrogen-bond donors (Lipinski definition) is 0. The Labute approximate surface area is 236 Å². The summed E-state index contributed by atoms with van der Waals surface area (Å²) in [6.07, 6.45) is 0.233. The molecule has 0 aromatic heterocycles. The Bertz CT molecular complexity index is 1830. The molecule has 2 heteroatoms. The van der Waals surface area contributed by atoms with Gasteiger partial charge in [0.25, 0.3) is 0 Å². The minimum Gasteiger partial charge on any atom is -0.352 e. The van der Waals surface area contributed by atoms with Gasteiger partial charge >= 0.3 is 0 Å². The summed E-state index contributed by atoms with van der Waals surface area (Å²) in [5.41, 5.74) is 17.1. The molecule has 5 aromatic rings. The Balaban J connectivity index is 1.37. The monoisotopic (exact) mass is 516 g/mol. The Morgan fingerprint density at radius 3 is 1.68 bits per heavy atom. The van der Waals surface area contributed by atoms with Crippen molar-refractivity contribution in [1.29, 1.82) is 0 Å². The molecule has 0 saturated heterocycles. The van der Waals surface area contributed by atoms with Crippen molar-refractivity contribution in [2.75, 3.05) is 11.9 Å². The molecule has 0 fully saturated rings. The topological polar surface area (TPSA) is 6.48 Å². The van der Waals surface area contributed by atoms with Gasteiger partial charge in [0.05, 0.1) is 11.1 Å². The van der Waals surface area contributed by atoms with Gasteiger partial charge in [-0.15, -0.1) is 0 Å². The van der Waals surface area contributed by atoms with Gasteiger partial charge in [0.15, 0.2) is 0 Å². The highest BCUT2D eigenvalue weighted by molar-refractivity contribution is 5.96. The molecule has 40 heavy (non-hydrogen) atoms. The molecule has 1 atom stereocenters. The highest BCUT2D eigenvalue weighted by atomic mass is 15.4. The minimum absolute atomic E-state index is 0.233. The molecule has 8 rings (SSSR count). The number of fused-ring (bicyclic) bond motifs is 10. The van der Waals surface area contributed by atoms with Gasteiger partial charge in [-0.3, -0.25) is 0 Å². The van der Waals surface area contributed by atoms with E-state index in [1.807, 2.05) is 0 Å². The first-order chi connectivity index (χ1) is 19.5. The van der Waals surface area contributed by atoms with Crippen LogP contribution in [0.3, 0.4) is 0 Å². The van der Waals surface area contributed by atoms with Crippen LogP contribution in [-0.4, -0.2) is 18.1 Å². The third-order valence-corrected chi connectivity index (χ3v) is 9.64. The molecule has 3 aliphatic rings. The lowest BCUT2D eigenvalue weighted by Gasteiger charge is -2.31. The van der Waals surface area contributed by atoms with Gasteiger partial charge in [0.2, 0.25) is 0 Å². The molecule has 2 aliphatic carbocycles. The van der Waals surface area contributed by atoms with E-state index in [2.05, 4.69) is 153 Å². The molecule has 0 saturated carbocycles. The summed E-state index contributed by atoms with van der Waals surface area (Å²) in [7, 11) is 2.23. The molecule has 1 aliphatic heterocycles. The second-order valence-electron chi connectivity index (χ2n) is 11.5. The number of hydrogen-bond acceptors (Lipinski definition) is 2. The third-order valence-electron chi connectivity index (χ3n) is 9.64. The highest BCUT2D eigenvalue weighted by Gasteiger charge is 2.51. The van der Waals surface area contributed by atoms with Crippen molar-refractivity contribution in [2.45, 2.75) is 32.4 Å². The summed E-state index contributed by atoms with van der Waals surface area (Å²) in [6.45, 7) is 6.78. The number of benzene rings is 5. The number of anilines is 1. The van der Waals surface area contributed by atoms with Crippen LogP contribution in [0.1, 0.15) is 47.2 Å². The summed E-state index contributed by atoms with van der Waals surface area (Å²) < 4.78 is 0. The Morgan fingerprint density at radius 1 is 0.575 bits per heavy atom. The summed E-state index contributed by atoms with van der Waals surface area (Å²) in [5, 5.41) is 0. The molecule has 0 N–H and O–H groups in total. The molecule has 1 unspecified atom stereocenters. The van der Waals surface area contributed by atoms with Crippen LogP contribution in [0.25, 0.3) is 28.0 Å². The summed E-state index contributed by atoms with van der Waals surface area (Å²) in [4.78, 5) is 4.91. The fourth-order valence-electron chi connectivity index (χ4n) is 7.88. The molecular formula is C38H32N2. The standard InChI is InChI=1S/C38H32N2/c1-24-13-5-12-20-36(24)40-25(2)37(39(4)26(40)3)27-21-22-35-31(23-27)30-16-8-11-19-34(30)38(35)32-17-9-6-14-28(32)29-15-7-10-18-33(29)38/h5-23,26H,1-4H3. The van der Waals surface area contributed by atoms with Gasteiger partial charge < -0.3 is 9.80 Å². The van der Waals surface area contributed by atoms with Crippen LogP contribution < -0.4 is 4.90 Å². The fraction of sp³-hybridized carbons (Fsp3) is 0.158. The van der Waals surface area contributed by atoms with Crippen LogP contribution in [0, 0.1) is 6.92 Å². The van der Waals surface area contributed by atoms with Crippen LogP contribution >= 0.6 is 0 Å². The van der Waals surface area contributed by atoms with Gasteiger partial charge in [0, 0.05) is 24.0 Å². The van der Waals surface area contributed by atoms with E-state index < -0.39 is 0 Å². The largest absolute Gasteiger partial charge is 0.352 e. The van der Waals surface area contributed by atoms with Crippen molar-refractivity contribution in [3.05, 3.63) is 154 Å². The van der Waals surface area contributed by atoms with E-state index in [4.69, 9.17) is 0 Å². The maximum atomic E-state index is 2.48. The van der Waals surface area contributed by atoms with Crippen LogP contribution in [-0.2, 0) is 5.41 Å². The smallest absolute Gasteiger partial charge is 0.103 e. The zero-order valence-corrected chi connectivity index (χ0v) is 23.4. The van der Waals surface area contributed by atoms with E-state index >= 15 is 0 Å². The van der Waals surface area contributed by atoms with E-state index in [0.29, 0.717) is 0 Å². The van der Waals surface area contributed by atoms with Crippen molar-refractivity contribution < 1.29 is 0 Å². The highest BCUT2D eigenvalue weighted by Crippen LogP contribution is 2.62. The van der Waals surface area contributed by atoms with E-state index in [9.17, 15) is 0 Å². The van der Waals surface area contributed by atoms with Gasteiger partial charge in [-0.2, -0.15) is 0 Å². The predicted octanol–water partition coefficient (Wildman–Crippen LogP) is 8.83. The molecular weight excluding hydrogens is 484 g/mol. The lowest BCUT2D eigenvalue weighted by Crippen LogP contribution is -2.35. The minimum atomic E-state index is -0.289. The van der Waals surface area contributed by atoms with Crippen molar-refractivity contribution in [3.63, 3.8) is 0 Å². The average molecular weight is 517 g/mol. The van der Waals surface area contributed by atoms with E-state index in [1.165, 1.54) is 72.7 Å². The quantitative estimate of drug-likeness (QED) is 0.226. The maximum absolute atomic E-state index is 2.48. The number of nitrogens with zero attached hydrogens (tertiary/aromatic N) is 2.